The molecule has 0 saturated heterocycles. The highest BCUT2D eigenvalue weighted by Gasteiger charge is 2.21. The molecule has 1 N–H and O–H groups in total. The number of rotatable bonds is 6. The number of hydrogen-bond acceptors (Lipinski definition) is 3. The maximum absolute atomic E-state index is 13.4. The fraction of sp³-hybridized carbons (Fsp3) is 0.185. The molecule has 0 fully saturated rings. The van der Waals surface area contributed by atoms with E-state index in [1.54, 1.807) is 29.9 Å². The Morgan fingerprint density at radius 3 is 2.65 bits per heavy atom. The molecular formula is C27H24BrFN2O3. The second kappa shape index (κ2) is 10.2. The van der Waals surface area contributed by atoms with Crippen LogP contribution in [0.4, 0.5) is 4.39 Å². The molecule has 4 rings (SSSR count). The summed E-state index contributed by atoms with van der Waals surface area (Å²) >= 11 is 3.40. The third-order valence-corrected chi connectivity index (χ3v) is 6.38. The van der Waals surface area contributed by atoms with Gasteiger partial charge in [0.15, 0.2) is 0 Å². The van der Waals surface area contributed by atoms with Crippen molar-refractivity contribution in [3.05, 3.63) is 100.0 Å². The van der Waals surface area contributed by atoms with E-state index < -0.39 is 5.92 Å². The van der Waals surface area contributed by atoms with Crippen LogP contribution in [0, 0.1) is 12.8 Å². The zero-order valence-electron chi connectivity index (χ0n) is 18.8. The number of benzene rings is 2. The molecule has 0 aliphatic heterocycles. The summed E-state index contributed by atoms with van der Waals surface area (Å²) in [6.45, 7) is 2.28. The minimum Gasteiger partial charge on any atom is -0.497 e. The van der Waals surface area contributed by atoms with Gasteiger partial charge in [-0.05, 0) is 73.5 Å². The summed E-state index contributed by atoms with van der Waals surface area (Å²) in [6, 6.07) is 12.9. The molecule has 0 radical (unpaired) electrons. The maximum atomic E-state index is 13.4. The van der Waals surface area contributed by atoms with E-state index in [1.165, 1.54) is 24.3 Å². The van der Waals surface area contributed by atoms with Gasteiger partial charge < -0.3 is 10.1 Å². The normalized spacial score (nSPS) is 15.2. The molecule has 174 valence electrons. The molecule has 1 aliphatic rings. The number of carbonyl (C=O) groups is 2. The number of halogens is 2. The highest BCUT2D eigenvalue weighted by molar-refractivity contribution is 9.10. The molecule has 0 saturated carbocycles. The number of nitrogens with one attached hydrogen (secondary N) is 1. The predicted octanol–water partition coefficient (Wildman–Crippen LogP) is 5.66. The summed E-state index contributed by atoms with van der Waals surface area (Å²) in [5.41, 5.74) is 3.13. The Kier molecular flexibility index (Phi) is 7.12. The Hall–Kier alpha value is -3.45. The molecule has 1 aromatic heterocycles. The van der Waals surface area contributed by atoms with Gasteiger partial charge >= 0.3 is 0 Å². The van der Waals surface area contributed by atoms with E-state index in [-0.39, 0.29) is 17.6 Å². The lowest BCUT2D eigenvalue weighted by Gasteiger charge is -2.10. The largest absolute Gasteiger partial charge is 0.497 e. The number of amides is 1. The zero-order chi connectivity index (χ0) is 24.2. The molecule has 1 atom stereocenters. The van der Waals surface area contributed by atoms with Gasteiger partial charge in [-0.25, -0.2) is 4.39 Å². The van der Waals surface area contributed by atoms with Crippen LogP contribution in [-0.2, 0) is 11.2 Å². The Morgan fingerprint density at radius 2 is 1.91 bits per heavy atom. The highest BCUT2D eigenvalue weighted by Crippen LogP contribution is 2.30. The van der Waals surface area contributed by atoms with Gasteiger partial charge in [0.25, 0.3) is 5.91 Å². The summed E-state index contributed by atoms with van der Waals surface area (Å²) in [7, 11) is 1.60. The van der Waals surface area contributed by atoms with E-state index in [0.29, 0.717) is 24.3 Å². The fourth-order valence-electron chi connectivity index (χ4n) is 4.07. The Bertz CT molecular complexity index is 1340. The van der Waals surface area contributed by atoms with Crippen molar-refractivity contribution < 1.29 is 18.7 Å². The Labute approximate surface area is 205 Å². The standard InChI is InChI=1S/C27H24BrFN2O3/c1-17-23(14-15-30-26(32)18-4-3-5-21(29)11-8-18)24-16-22(34-2)12-13-25(24)31(17)27(33)19-6-9-20(28)10-7-19/h3-13,16,18H,14-15H2,1-2H3,(H,30,32). The van der Waals surface area contributed by atoms with Gasteiger partial charge in [0.05, 0.1) is 18.5 Å². The summed E-state index contributed by atoms with van der Waals surface area (Å²) in [5.74, 6) is -0.570. The summed E-state index contributed by atoms with van der Waals surface area (Å²) in [5, 5.41) is 3.82. The number of aromatic nitrogens is 1. The molecule has 0 bridgehead atoms. The van der Waals surface area contributed by atoms with Crippen LogP contribution in [0.1, 0.15) is 21.6 Å². The van der Waals surface area contributed by atoms with Crippen LogP contribution >= 0.6 is 15.9 Å². The van der Waals surface area contributed by atoms with Crippen molar-refractivity contribution in [3.8, 4) is 5.75 Å². The third kappa shape index (κ3) is 4.89. The molecule has 7 heteroatoms. The molecule has 3 aromatic rings. The van der Waals surface area contributed by atoms with Gasteiger partial charge in [0.1, 0.15) is 11.6 Å². The maximum Gasteiger partial charge on any atom is 0.262 e. The SMILES string of the molecule is COc1ccc2c(c1)c(CCNC(=O)C1C=CC=C(F)C=C1)c(C)n2C(=O)c1ccc(Br)cc1. The van der Waals surface area contributed by atoms with E-state index in [4.69, 9.17) is 4.74 Å². The lowest BCUT2D eigenvalue weighted by molar-refractivity contribution is -0.122. The van der Waals surface area contributed by atoms with Crippen LogP contribution in [0.15, 0.2) is 83.1 Å². The summed E-state index contributed by atoms with van der Waals surface area (Å²) in [6.07, 6.45) is 7.85. The van der Waals surface area contributed by atoms with Crippen LogP contribution in [-0.4, -0.2) is 30.0 Å². The van der Waals surface area contributed by atoms with Crippen LogP contribution in [0.5, 0.6) is 5.75 Å². The van der Waals surface area contributed by atoms with Crippen LogP contribution < -0.4 is 10.1 Å². The Morgan fingerprint density at radius 1 is 1.15 bits per heavy atom. The van der Waals surface area contributed by atoms with Gasteiger partial charge in [0.2, 0.25) is 5.91 Å². The highest BCUT2D eigenvalue weighted by atomic mass is 79.9. The van der Waals surface area contributed by atoms with Crippen molar-refractivity contribution in [1.29, 1.82) is 0 Å². The predicted molar refractivity (Wildman–Crippen MR) is 135 cm³/mol. The first-order valence-corrected chi connectivity index (χ1v) is 11.7. The first-order chi connectivity index (χ1) is 16.4. The summed E-state index contributed by atoms with van der Waals surface area (Å²) in [4.78, 5) is 26.0. The lowest BCUT2D eigenvalue weighted by Crippen LogP contribution is -2.30. The molecule has 1 amide bonds. The van der Waals surface area contributed by atoms with E-state index in [9.17, 15) is 14.0 Å². The quantitative estimate of drug-likeness (QED) is 0.454. The minimum absolute atomic E-state index is 0.126. The van der Waals surface area contributed by atoms with E-state index in [2.05, 4.69) is 21.2 Å². The molecular weight excluding hydrogens is 499 g/mol. The fourth-order valence-corrected chi connectivity index (χ4v) is 4.34. The average Bonchev–Trinajstić information content (AvgIpc) is 2.95. The van der Waals surface area contributed by atoms with E-state index in [0.717, 1.165) is 26.6 Å². The molecule has 5 nitrogen and oxygen atoms in total. The van der Waals surface area contributed by atoms with Gasteiger partial charge in [-0.2, -0.15) is 0 Å². The van der Waals surface area contributed by atoms with E-state index in [1.807, 2.05) is 37.3 Å². The van der Waals surface area contributed by atoms with Gasteiger partial charge in [-0.3, -0.25) is 14.2 Å². The number of carbonyl (C=O) groups excluding carboxylic acids is 2. The van der Waals surface area contributed by atoms with Crippen molar-refractivity contribution in [2.45, 2.75) is 13.3 Å². The first kappa shape index (κ1) is 23.7. The molecule has 1 heterocycles. The second-order valence-corrected chi connectivity index (χ2v) is 8.87. The average molecular weight is 523 g/mol. The number of methoxy groups -OCH3 is 1. The topological polar surface area (TPSA) is 60.3 Å². The number of fused-ring (bicyclic) bond motifs is 1. The van der Waals surface area contributed by atoms with Gasteiger partial charge in [-0.1, -0.05) is 34.2 Å². The number of hydrogen-bond donors (Lipinski definition) is 1. The number of nitrogens with zero attached hydrogens (tertiary/aromatic N) is 1. The molecule has 0 spiro atoms. The van der Waals surface area contributed by atoms with Crippen LogP contribution in [0.25, 0.3) is 10.9 Å². The van der Waals surface area contributed by atoms with Crippen molar-refractivity contribution in [2.24, 2.45) is 5.92 Å². The third-order valence-electron chi connectivity index (χ3n) is 5.85. The lowest BCUT2D eigenvalue weighted by atomic mass is 10.1. The van der Waals surface area contributed by atoms with Crippen molar-refractivity contribution in [3.63, 3.8) is 0 Å². The smallest absolute Gasteiger partial charge is 0.262 e. The molecule has 2 aromatic carbocycles. The van der Waals surface area contributed by atoms with Gasteiger partial charge in [0, 0.05) is 27.7 Å². The minimum atomic E-state index is -0.536. The van der Waals surface area contributed by atoms with Crippen molar-refractivity contribution in [1.82, 2.24) is 9.88 Å². The zero-order valence-corrected chi connectivity index (χ0v) is 20.4. The monoisotopic (exact) mass is 522 g/mol. The van der Waals surface area contributed by atoms with Crippen molar-refractivity contribution >= 4 is 38.6 Å². The molecule has 1 aliphatic carbocycles. The van der Waals surface area contributed by atoms with Gasteiger partial charge in [-0.15, -0.1) is 0 Å². The van der Waals surface area contributed by atoms with Crippen LogP contribution in [0.3, 0.4) is 0 Å². The van der Waals surface area contributed by atoms with Crippen molar-refractivity contribution in [2.75, 3.05) is 13.7 Å². The summed E-state index contributed by atoms with van der Waals surface area (Å²) < 4.78 is 21.4. The first-order valence-electron chi connectivity index (χ1n) is 10.9. The number of ether oxygens (including phenoxy) is 1. The number of allylic oxidation sites excluding steroid dienone is 4. The molecule has 1 unspecified atom stereocenters. The second-order valence-electron chi connectivity index (χ2n) is 7.96. The molecule has 34 heavy (non-hydrogen) atoms. The Balaban J connectivity index is 1.61. The van der Waals surface area contributed by atoms with E-state index >= 15 is 0 Å². The van der Waals surface area contributed by atoms with Crippen LogP contribution in [0.2, 0.25) is 0 Å².